The molecule has 0 aliphatic carbocycles. The van der Waals surface area contributed by atoms with Crippen LogP contribution in [0.3, 0.4) is 0 Å². The highest BCUT2D eigenvalue weighted by atomic mass is 16.5. The van der Waals surface area contributed by atoms with Crippen molar-refractivity contribution in [2.45, 2.75) is 25.9 Å². The molecule has 1 heterocycles. The molecular weight excluding hydrogens is 168 g/mol. The van der Waals surface area contributed by atoms with Crippen molar-refractivity contribution in [3.8, 4) is 0 Å². The Kier molecular flexibility index (Phi) is 3.69. The lowest BCUT2D eigenvalue weighted by Gasteiger charge is -2.18. The third kappa shape index (κ3) is 2.67. The minimum absolute atomic E-state index is 0.0462. The summed E-state index contributed by atoms with van der Waals surface area (Å²) in [5.41, 5.74) is 0. The molecule has 1 saturated heterocycles. The zero-order valence-electron chi connectivity index (χ0n) is 8.46. The van der Waals surface area contributed by atoms with E-state index in [1.54, 1.807) is 7.05 Å². The summed E-state index contributed by atoms with van der Waals surface area (Å²) in [6.07, 6.45) is 0. The quantitative estimate of drug-likeness (QED) is 0.639. The van der Waals surface area contributed by atoms with Crippen LogP contribution in [0.2, 0.25) is 0 Å². The Labute approximate surface area is 79.0 Å². The summed E-state index contributed by atoms with van der Waals surface area (Å²) in [6.45, 7) is 5.32. The van der Waals surface area contributed by atoms with Gasteiger partial charge in [-0.05, 0) is 14.0 Å². The number of carbonyl (C=O) groups is 1. The summed E-state index contributed by atoms with van der Waals surface area (Å²) in [4.78, 5) is 11.4. The Morgan fingerprint density at radius 2 is 2.23 bits per heavy atom. The lowest BCUT2D eigenvalue weighted by molar-refractivity contribution is -0.123. The lowest BCUT2D eigenvalue weighted by Crippen LogP contribution is -2.47. The number of hydrogen-bond donors (Lipinski definition) is 2. The first-order chi connectivity index (χ1) is 6.15. The molecule has 0 spiro atoms. The Morgan fingerprint density at radius 3 is 2.69 bits per heavy atom. The Balaban J connectivity index is 2.35. The van der Waals surface area contributed by atoms with E-state index in [1.807, 2.05) is 6.92 Å². The predicted molar refractivity (Wildman–Crippen MR) is 50.4 cm³/mol. The molecule has 1 aliphatic heterocycles. The average Bonchev–Trinajstić information content (AvgIpc) is 2.50. The van der Waals surface area contributed by atoms with Crippen LogP contribution in [-0.4, -0.2) is 38.3 Å². The second-order valence-electron chi connectivity index (χ2n) is 3.64. The van der Waals surface area contributed by atoms with Gasteiger partial charge in [-0.2, -0.15) is 0 Å². The van der Waals surface area contributed by atoms with Crippen LogP contribution in [0.4, 0.5) is 0 Å². The summed E-state index contributed by atoms with van der Waals surface area (Å²) in [6, 6.07) is 0.0519. The van der Waals surface area contributed by atoms with Gasteiger partial charge in [-0.3, -0.25) is 4.79 Å². The fraction of sp³-hybridized carbons (Fsp3) is 0.889. The Morgan fingerprint density at radius 1 is 1.54 bits per heavy atom. The van der Waals surface area contributed by atoms with Crippen molar-refractivity contribution in [3.05, 3.63) is 0 Å². The molecule has 76 valence electrons. The molecule has 0 saturated carbocycles. The topological polar surface area (TPSA) is 50.4 Å². The zero-order valence-corrected chi connectivity index (χ0v) is 8.46. The van der Waals surface area contributed by atoms with Gasteiger partial charge in [-0.1, -0.05) is 6.92 Å². The summed E-state index contributed by atoms with van der Waals surface area (Å²) in [5.74, 6) is 0.470. The maximum Gasteiger partial charge on any atom is 0.237 e. The highest BCUT2D eigenvalue weighted by Crippen LogP contribution is 2.12. The molecule has 2 unspecified atom stereocenters. The molecule has 0 radical (unpaired) electrons. The first-order valence-electron chi connectivity index (χ1n) is 4.70. The number of hydrogen-bond acceptors (Lipinski definition) is 3. The average molecular weight is 186 g/mol. The van der Waals surface area contributed by atoms with Crippen molar-refractivity contribution < 1.29 is 9.53 Å². The van der Waals surface area contributed by atoms with Gasteiger partial charge in [0.25, 0.3) is 0 Å². The first-order valence-corrected chi connectivity index (χ1v) is 4.70. The molecule has 0 bridgehead atoms. The van der Waals surface area contributed by atoms with Crippen molar-refractivity contribution in [2.75, 3.05) is 20.3 Å². The van der Waals surface area contributed by atoms with Crippen molar-refractivity contribution >= 4 is 5.91 Å². The normalized spacial score (nSPS) is 30.1. The van der Waals surface area contributed by atoms with E-state index in [0.717, 1.165) is 6.61 Å². The van der Waals surface area contributed by atoms with Crippen LogP contribution >= 0.6 is 0 Å². The van der Waals surface area contributed by atoms with E-state index in [-0.39, 0.29) is 18.0 Å². The maximum atomic E-state index is 11.4. The summed E-state index contributed by atoms with van der Waals surface area (Å²) in [5, 5.41) is 5.85. The van der Waals surface area contributed by atoms with E-state index in [4.69, 9.17) is 4.74 Å². The molecule has 1 aliphatic rings. The fourth-order valence-corrected chi connectivity index (χ4v) is 1.28. The summed E-state index contributed by atoms with van der Waals surface area (Å²) >= 11 is 0. The van der Waals surface area contributed by atoms with Crippen molar-refractivity contribution in [3.63, 3.8) is 0 Å². The lowest BCUT2D eigenvalue weighted by atomic mass is 10.1. The number of nitrogens with one attached hydrogen (secondary N) is 2. The highest BCUT2D eigenvalue weighted by Gasteiger charge is 2.26. The van der Waals surface area contributed by atoms with E-state index in [1.165, 1.54) is 0 Å². The molecule has 3 atom stereocenters. The molecule has 0 aromatic rings. The Hall–Kier alpha value is -0.610. The summed E-state index contributed by atoms with van der Waals surface area (Å²) < 4.78 is 5.25. The van der Waals surface area contributed by atoms with Gasteiger partial charge < -0.3 is 15.4 Å². The van der Waals surface area contributed by atoms with Crippen molar-refractivity contribution in [2.24, 2.45) is 5.92 Å². The molecule has 1 rings (SSSR count). The van der Waals surface area contributed by atoms with E-state index in [2.05, 4.69) is 17.6 Å². The zero-order chi connectivity index (χ0) is 9.84. The third-order valence-electron chi connectivity index (χ3n) is 2.52. The molecule has 1 amide bonds. The highest BCUT2D eigenvalue weighted by molar-refractivity contribution is 5.81. The smallest absolute Gasteiger partial charge is 0.237 e. The van der Waals surface area contributed by atoms with Crippen LogP contribution in [0.15, 0.2) is 0 Å². The van der Waals surface area contributed by atoms with E-state index in [0.29, 0.717) is 12.5 Å². The Bertz CT molecular complexity index is 184. The minimum Gasteiger partial charge on any atom is -0.379 e. The monoisotopic (exact) mass is 186 g/mol. The number of ether oxygens (including phenoxy) is 1. The van der Waals surface area contributed by atoms with Crippen LogP contribution in [-0.2, 0) is 9.53 Å². The molecule has 4 heteroatoms. The van der Waals surface area contributed by atoms with Crippen LogP contribution in [0.25, 0.3) is 0 Å². The van der Waals surface area contributed by atoms with Crippen LogP contribution in [0, 0.1) is 5.92 Å². The van der Waals surface area contributed by atoms with Gasteiger partial charge >= 0.3 is 0 Å². The molecule has 13 heavy (non-hydrogen) atoms. The summed E-state index contributed by atoms with van der Waals surface area (Å²) in [7, 11) is 1.78. The van der Waals surface area contributed by atoms with Gasteiger partial charge in [0.15, 0.2) is 0 Å². The van der Waals surface area contributed by atoms with Gasteiger partial charge in [0.1, 0.15) is 0 Å². The van der Waals surface area contributed by atoms with Crippen LogP contribution < -0.4 is 10.6 Å². The van der Waals surface area contributed by atoms with E-state index < -0.39 is 0 Å². The minimum atomic E-state index is -0.132. The van der Waals surface area contributed by atoms with Crippen molar-refractivity contribution in [1.82, 2.24) is 10.6 Å². The molecular formula is C9H18N2O2. The van der Waals surface area contributed by atoms with E-state index in [9.17, 15) is 4.79 Å². The maximum absolute atomic E-state index is 11.4. The van der Waals surface area contributed by atoms with Crippen LogP contribution in [0.5, 0.6) is 0 Å². The molecule has 4 nitrogen and oxygen atoms in total. The number of amides is 1. The van der Waals surface area contributed by atoms with Gasteiger partial charge in [0.05, 0.1) is 25.3 Å². The standard InChI is InChI=1S/C9H18N2O2/c1-6-4-13-5-8(6)11-9(12)7(2)10-3/h6-8,10H,4-5H2,1-3H3,(H,11,12)/t6?,7-,8?/m0/s1. The molecule has 0 aromatic heterocycles. The number of carbonyl (C=O) groups excluding carboxylic acids is 1. The number of rotatable bonds is 3. The largest absolute Gasteiger partial charge is 0.379 e. The van der Waals surface area contributed by atoms with Gasteiger partial charge in [0.2, 0.25) is 5.91 Å². The van der Waals surface area contributed by atoms with Crippen LogP contribution in [0.1, 0.15) is 13.8 Å². The van der Waals surface area contributed by atoms with Gasteiger partial charge in [-0.15, -0.1) is 0 Å². The SMILES string of the molecule is CN[C@@H](C)C(=O)NC1COCC1C. The fourth-order valence-electron chi connectivity index (χ4n) is 1.28. The molecule has 2 N–H and O–H groups in total. The van der Waals surface area contributed by atoms with Crippen molar-refractivity contribution in [1.29, 1.82) is 0 Å². The van der Waals surface area contributed by atoms with Gasteiger partial charge in [0, 0.05) is 5.92 Å². The first kappa shape index (κ1) is 10.5. The molecule has 1 fully saturated rings. The van der Waals surface area contributed by atoms with Gasteiger partial charge in [-0.25, -0.2) is 0 Å². The third-order valence-corrected chi connectivity index (χ3v) is 2.52. The second-order valence-corrected chi connectivity index (χ2v) is 3.64. The second kappa shape index (κ2) is 4.58. The number of likely N-dealkylation sites (N-methyl/N-ethyl adjacent to an activating group) is 1. The predicted octanol–water partition coefficient (Wildman–Crippen LogP) is -0.255. The van der Waals surface area contributed by atoms with E-state index >= 15 is 0 Å². The molecule has 0 aromatic carbocycles.